The van der Waals surface area contributed by atoms with Gasteiger partial charge in [-0.2, -0.15) is 0 Å². The molecule has 4 atom stereocenters. The van der Waals surface area contributed by atoms with Crippen LogP contribution < -0.4 is 5.73 Å². The Kier molecular flexibility index (Phi) is 29.4. The summed E-state index contributed by atoms with van der Waals surface area (Å²) in [6.45, 7) is 14.7. The highest BCUT2D eigenvalue weighted by molar-refractivity contribution is 4.81. The van der Waals surface area contributed by atoms with Crippen molar-refractivity contribution in [1.82, 2.24) is 4.90 Å². The third-order valence-corrected chi connectivity index (χ3v) is 11.9. The van der Waals surface area contributed by atoms with E-state index >= 15 is 0 Å². The summed E-state index contributed by atoms with van der Waals surface area (Å²) in [5, 5.41) is 0. The molecule has 0 amide bonds. The standard InChI is InChI=1S/C46H92N2O4/c1-5-9-13-17-19-21-27-35-45(33-25-15-11-7-3)49-41-43(51-45)31-23-29-38-48(40-37-47)39-30-24-32-44-42-50-46(52-44,34-26-16-12-8-4)36-28-22-20-18-14-10-6-2/h43-44H,5-42,47H2,1-4H3. The molecule has 0 radical (unpaired) electrons. The van der Waals surface area contributed by atoms with E-state index in [9.17, 15) is 0 Å². The van der Waals surface area contributed by atoms with Crippen LogP contribution in [-0.2, 0) is 18.9 Å². The molecule has 6 nitrogen and oxygen atoms in total. The monoisotopic (exact) mass is 737 g/mol. The highest BCUT2D eigenvalue weighted by Gasteiger charge is 2.41. The Balaban J connectivity index is 1.68. The summed E-state index contributed by atoms with van der Waals surface area (Å²) in [7, 11) is 0. The number of unbranched alkanes of at least 4 members (excludes halogenated alkanes) is 20. The molecule has 4 unspecified atom stereocenters. The maximum atomic E-state index is 6.77. The van der Waals surface area contributed by atoms with Crippen molar-refractivity contribution in [3.05, 3.63) is 0 Å². The Hall–Kier alpha value is -0.240. The maximum Gasteiger partial charge on any atom is 0.168 e. The molecule has 2 fully saturated rings. The van der Waals surface area contributed by atoms with Crippen LogP contribution in [0.1, 0.15) is 233 Å². The lowest BCUT2D eigenvalue weighted by Crippen LogP contribution is -2.32. The normalized spacial score (nSPS) is 23.4. The fraction of sp³-hybridized carbons (Fsp3) is 1.00. The van der Waals surface area contributed by atoms with Gasteiger partial charge < -0.3 is 29.6 Å². The molecule has 0 aliphatic carbocycles. The quantitative estimate of drug-likeness (QED) is 0.0637. The molecule has 0 aromatic carbocycles. The van der Waals surface area contributed by atoms with Crippen molar-refractivity contribution >= 4 is 0 Å². The Morgan fingerprint density at radius 3 is 1.10 bits per heavy atom. The molecule has 2 N–H and O–H groups in total. The van der Waals surface area contributed by atoms with Gasteiger partial charge in [-0.05, 0) is 77.3 Å². The van der Waals surface area contributed by atoms with Gasteiger partial charge in [0.1, 0.15) is 0 Å². The van der Waals surface area contributed by atoms with Gasteiger partial charge in [0, 0.05) is 38.8 Å². The minimum Gasteiger partial charge on any atom is -0.347 e. The zero-order valence-corrected chi connectivity index (χ0v) is 35.7. The van der Waals surface area contributed by atoms with E-state index in [0.29, 0.717) is 0 Å². The van der Waals surface area contributed by atoms with Gasteiger partial charge >= 0.3 is 0 Å². The number of nitrogens with zero attached hydrogens (tertiary/aromatic N) is 1. The van der Waals surface area contributed by atoms with E-state index in [4.69, 9.17) is 24.7 Å². The number of hydrogen-bond acceptors (Lipinski definition) is 6. The van der Waals surface area contributed by atoms with Gasteiger partial charge in [0.15, 0.2) is 11.6 Å². The van der Waals surface area contributed by atoms with E-state index in [2.05, 4.69) is 32.6 Å². The predicted molar refractivity (Wildman–Crippen MR) is 223 cm³/mol. The molecule has 310 valence electrons. The van der Waals surface area contributed by atoms with E-state index in [1.807, 2.05) is 0 Å². The second kappa shape index (κ2) is 31.9. The molecule has 2 aliphatic heterocycles. The largest absolute Gasteiger partial charge is 0.347 e. The molecule has 52 heavy (non-hydrogen) atoms. The van der Waals surface area contributed by atoms with Gasteiger partial charge in [0.05, 0.1) is 25.4 Å². The van der Waals surface area contributed by atoms with Crippen LogP contribution in [0.2, 0.25) is 0 Å². The fourth-order valence-corrected chi connectivity index (χ4v) is 8.57. The molecule has 0 aromatic rings. The van der Waals surface area contributed by atoms with Gasteiger partial charge in [0.25, 0.3) is 0 Å². The molecule has 0 saturated carbocycles. The van der Waals surface area contributed by atoms with Crippen molar-refractivity contribution in [3.63, 3.8) is 0 Å². The van der Waals surface area contributed by atoms with Crippen LogP contribution in [0.4, 0.5) is 0 Å². The number of ether oxygens (including phenoxy) is 4. The molecular weight excluding hydrogens is 645 g/mol. The summed E-state index contributed by atoms with van der Waals surface area (Å²) < 4.78 is 26.6. The van der Waals surface area contributed by atoms with Crippen LogP contribution in [0, 0.1) is 0 Å². The van der Waals surface area contributed by atoms with Crippen LogP contribution >= 0.6 is 0 Å². The summed E-state index contributed by atoms with van der Waals surface area (Å²) in [4.78, 5) is 2.59. The van der Waals surface area contributed by atoms with E-state index in [-0.39, 0.29) is 23.8 Å². The SMILES string of the molecule is CCCCCCCCCC1(CCCCCC)OCC(CCCCN(CCN)CCCCC2COC(CCCCCC)(CCCCCCCCC)O2)O1. The molecule has 2 rings (SSSR count). The summed E-state index contributed by atoms with van der Waals surface area (Å²) in [6.07, 6.45) is 40.8. The second-order valence-electron chi connectivity index (χ2n) is 16.9. The summed E-state index contributed by atoms with van der Waals surface area (Å²) in [5.41, 5.74) is 6.06. The Labute approximate surface area is 325 Å². The van der Waals surface area contributed by atoms with E-state index in [1.165, 1.54) is 167 Å². The number of hydrogen-bond donors (Lipinski definition) is 1. The predicted octanol–water partition coefficient (Wildman–Crippen LogP) is 13.0. The molecule has 2 aliphatic rings. The van der Waals surface area contributed by atoms with E-state index < -0.39 is 0 Å². The summed E-state index contributed by atoms with van der Waals surface area (Å²) in [6, 6.07) is 0. The average Bonchev–Trinajstić information content (AvgIpc) is 3.75. The highest BCUT2D eigenvalue weighted by Crippen LogP contribution is 2.37. The molecule has 2 heterocycles. The Morgan fingerprint density at radius 1 is 0.423 bits per heavy atom. The molecular formula is C46H92N2O4. The van der Waals surface area contributed by atoms with Gasteiger partial charge in [0.2, 0.25) is 0 Å². The van der Waals surface area contributed by atoms with Gasteiger partial charge in [-0.15, -0.1) is 0 Å². The lowest BCUT2D eigenvalue weighted by molar-refractivity contribution is -0.180. The first-order valence-corrected chi connectivity index (χ1v) is 23.6. The third-order valence-electron chi connectivity index (χ3n) is 11.9. The molecule has 0 bridgehead atoms. The van der Waals surface area contributed by atoms with Crippen molar-refractivity contribution in [2.45, 2.75) is 257 Å². The maximum absolute atomic E-state index is 6.77. The zero-order chi connectivity index (χ0) is 37.4. The lowest BCUT2D eigenvalue weighted by atomic mass is 9.99. The van der Waals surface area contributed by atoms with E-state index in [0.717, 1.165) is 77.9 Å². The lowest BCUT2D eigenvalue weighted by Gasteiger charge is -2.29. The Morgan fingerprint density at radius 2 is 0.750 bits per heavy atom. The highest BCUT2D eigenvalue weighted by atomic mass is 16.7. The first kappa shape index (κ1) is 47.9. The minimum absolute atomic E-state index is 0.261. The Bertz CT molecular complexity index is 725. The summed E-state index contributed by atoms with van der Waals surface area (Å²) in [5.74, 6) is -0.631. The molecule has 0 spiro atoms. The van der Waals surface area contributed by atoms with Crippen LogP contribution in [0.3, 0.4) is 0 Å². The van der Waals surface area contributed by atoms with Gasteiger partial charge in [-0.1, -0.05) is 143 Å². The van der Waals surface area contributed by atoms with Crippen molar-refractivity contribution in [3.8, 4) is 0 Å². The van der Waals surface area contributed by atoms with E-state index in [1.54, 1.807) is 0 Å². The number of nitrogens with two attached hydrogens (primary N) is 1. The molecule has 6 heteroatoms. The molecule has 0 aromatic heterocycles. The second-order valence-corrected chi connectivity index (χ2v) is 16.9. The van der Waals surface area contributed by atoms with Gasteiger partial charge in [-0.25, -0.2) is 0 Å². The average molecular weight is 737 g/mol. The van der Waals surface area contributed by atoms with Crippen molar-refractivity contribution in [2.24, 2.45) is 5.73 Å². The minimum atomic E-state index is -0.315. The van der Waals surface area contributed by atoms with Crippen LogP contribution in [0.5, 0.6) is 0 Å². The van der Waals surface area contributed by atoms with Crippen molar-refractivity contribution in [1.29, 1.82) is 0 Å². The van der Waals surface area contributed by atoms with Crippen molar-refractivity contribution < 1.29 is 18.9 Å². The summed E-state index contributed by atoms with van der Waals surface area (Å²) >= 11 is 0. The number of rotatable bonds is 38. The fourth-order valence-electron chi connectivity index (χ4n) is 8.57. The first-order chi connectivity index (χ1) is 25.5. The van der Waals surface area contributed by atoms with Crippen LogP contribution in [0.25, 0.3) is 0 Å². The van der Waals surface area contributed by atoms with Crippen molar-refractivity contribution in [2.75, 3.05) is 39.4 Å². The van der Waals surface area contributed by atoms with Gasteiger partial charge in [-0.3, -0.25) is 0 Å². The first-order valence-electron chi connectivity index (χ1n) is 23.6. The van der Waals surface area contributed by atoms with Crippen LogP contribution in [-0.4, -0.2) is 68.1 Å². The smallest absolute Gasteiger partial charge is 0.168 e. The third kappa shape index (κ3) is 22.3. The van der Waals surface area contributed by atoms with Crippen LogP contribution in [0.15, 0.2) is 0 Å². The zero-order valence-electron chi connectivity index (χ0n) is 35.7. The topological polar surface area (TPSA) is 66.2 Å². The molecule has 2 saturated heterocycles.